The van der Waals surface area contributed by atoms with Gasteiger partial charge in [-0.1, -0.05) is 12.8 Å². The van der Waals surface area contributed by atoms with Gasteiger partial charge < -0.3 is 10.5 Å². The summed E-state index contributed by atoms with van der Waals surface area (Å²) in [6.07, 6.45) is 4.38. The van der Waals surface area contributed by atoms with Gasteiger partial charge in [-0.15, -0.1) is 0 Å². The van der Waals surface area contributed by atoms with Gasteiger partial charge in [-0.25, -0.2) is 13.6 Å². The van der Waals surface area contributed by atoms with Crippen LogP contribution in [0.2, 0.25) is 0 Å². The maximum Gasteiger partial charge on any atom is 0.340 e. The van der Waals surface area contributed by atoms with Crippen molar-refractivity contribution >= 4 is 11.7 Å². The zero-order valence-corrected chi connectivity index (χ0v) is 9.92. The molecule has 0 amide bonds. The van der Waals surface area contributed by atoms with Crippen LogP contribution in [0.25, 0.3) is 0 Å². The van der Waals surface area contributed by atoms with Crippen molar-refractivity contribution in [2.45, 2.75) is 25.7 Å². The summed E-state index contributed by atoms with van der Waals surface area (Å²) < 4.78 is 30.9. The highest BCUT2D eigenvalue weighted by Crippen LogP contribution is 2.25. The molecule has 18 heavy (non-hydrogen) atoms. The number of carbonyl (C=O) groups excluding carboxylic acids is 1. The van der Waals surface area contributed by atoms with Crippen LogP contribution in [0.5, 0.6) is 0 Å². The summed E-state index contributed by atoms with van der Waals surface area (Å²) in [6, 6.07) is 1.57. The maximum atomic E-state index is 13.0. The Morgan fingerprint density at radius 1 is 1.28 bits per heavy atom. The molecule has 1 fully saturated rings. The van der Waals surface area contributed by atoms with E-state index in [4.69, 9.17) is 10.5 Å². The summed E-state index contributed by atoms with van der Waals surface area (Å²) in [5, 5.41) is 0. The van der Waals surface area contributed by atoms with Gasteiger partial charge in [-0.05, 0) is 24.8 Å². The Kier molecular flexibility index (Phi) is 3.79. The number of hydrogen-bond donors (Lipinski definition) is 1. The molecule has 0 aliphatic heterocycles. The van der Waals surface area contributed by atoms with Gasteiger partial charge in [-0.2, -0.15) is 0 Å². The van der Waals surface area contributed by atoms with Crippen molar-refractivity contribution in [2.24, 2.45) is 5.92 Å². The monoisotopic (exact) mass is 255 g/mol. The fourth-order valence-electron chi connectivity index (χ4n) is 2.19. The molecule has 0 unspecified atom stereocenters. The molecule has 5 heteroatoms. The van der Waals surface area contributed by atoms with Crippen molar-refractivity contribution in [2.75, 3.05) is 12.3 Å². The lowest BCUT2D eigenvalue weighted by Gasteiger charge is -2.11. The largest absolute Gasteiger partial charge is 0.462 e. The topological polar surface area (TPSA) is 52.3 Å². The normalized spacial score (nSPS) is 15.9. The molecular weight excluding hydrogens is 240 g/mol. The van der Waals surface area contributed by atoms with E-state index < -0.39 is 17.6 Å². The first-order valence-corrected chi connectivity index (χ1v) is 5.99. The minimum absolute atomic E-state index is 0.106. The second kappa shape index (κ2) is 5.33. The van der Waals surface area contributed by atoms with E-state index in [1.165, 1.54) is 0 Å². The molecule has 1 aliphatic rings. The van der Waals surface area contributed by atoms with Gasteiger partial charge in [0.05, 0.1) is 12.2 Å². The Morgan fingerprint density at radius 2 is 1.89 bits per heavy atom. The van der Waals surface area contributed by atoms with Crippen molar-refractivity contribution in [1.29, 1.82) is 0 Å². The Labute approximate surface area is 104 Å². The highest BCUT2D eigenvalue weighted by atomic mass is 19.2. The van der Waals surface area contributed by atoms with Crippen LogP contribution >= 0.6 is 0 Å². The molecule has 0 heterocycles. The fraction of sp³-hybridized carbons (Fsp3) is 0.462. The van der Waals surface area contributed by atoms with Crippen LogP contribution in [-0.4, -0.2) is 12.6 Å². The van der Waals surface area contributed by atoms with Gasteiger partial charge in [0.15, 0.2) is 11.6 Å². The number of ether oxygens (including phenoxy) is 1. The number of rotatable bonds is 3. The van der Waals surface area contributed by atoms with Crippen LogP contribution in [-0.2, 0) is 4.74 Å². The predicted molar refractivity (Wildman–Crippen MR) is 63.0 cm³/mol. The third-order valence-electron chi connectivity index (χ3n) is 3.24. The van der Waals surface area contributed by atoms with Crippen molar-refractivity contribution in [3.05, 3.63) is 29.3 Å². The van der Waals surface area contributed by atoms with Crippen molar-refractivity contribution in [1.82, 2.24) is 0 Å². The SMILES string of the molecule is Nc1cc(F)c(F)cc1C(=O)OCC1CCCC1. The number of carbonyl (C=O) groups is 1. The van der Waals surface area contributed by atoms with Crippen LogP contribution in [0.3, 0.4) is 0 Å². The Morgan fingerprint density at radius 3 is 2.56 bits per heavy atom. The molecule has 0 aromatic heterocycles. The summed E-state index contributed by atoms with van der Waals surface area (Å²) in [5.41, 5.74) is 5.24. The van der Waals surface area contributed by atoms with Gasteiger partial charge in [0.1, 0.15) is 0 Å². The van der Waals surface area contributed by atoms with Crippen LogP contribution < -0.4 is 5.73 Å². The Bertz CT molecular complexity index is 457. The molecular formula is C13H15F2NO2. The van der Waals surface area contributed by atoms with E-state index in [-0.39, 0.29) is 11.3 Å². The number of hydrogen-bond acceptors (Lipinski definition) is 3. The molecule has 3 nitrogen and oxygen atoms in total. The summed E-state index contributed by atoms with van der Waals surface area (Å²) in [7, 11) is 0. The summed E-state index contributed by atoms with van der Waals surface area (Å²) >= 11 is 0. The third kappa shape index (κ3) is 2.78. The van der Waals surface area contributed by atoms with Crippen molar-refractivity contribution in [3.63, 3.8) is 0 Å². The van der Waals surface area contributed by atoms with Gasteiger partial charge in [-0.3, -0.25) is 0 Å². The summed E-state index contributed by atoms with van der Waals surface area (Å²) in [4.78, 5) is 11.7. The smallest absolute Gasteiger partial charge is 0.340 e. The number of nitrogen functional groups attached to an aromatic ring is 1. The van der Waals surface area contributed by atoms with Gasteiger partial charge >= 0.3 is 5.97 Å². The second-order valence-corrected chi connectivity index (χ2v) is 4.60. The molecule has 0 bridgehead atoms. The lowest BCUT2D eigenvalue weighted by Crippen LogP contribution is -2.14. The molecule has 0 atom stereocenters. The van der Waals surface area contributed by atoms with E-state index in [9.17, 15) is 13.6 Å². The van der Waals surface area contributed by atoms with Crippen LogP contribution in [0, 0.1) is 17.6 Å². The highest BCUT2D eigenvalue weighted by molar-refractivity contribution is 5.95. The van der Waals surface area contributed by atoms with Crippen LogP contribution in [0.4, 0.5) is 14.5 Å². The number of benzene rings is 1. The molecule has 1 aromatic carbocycles. The first kappa shape index (κ1) is 12.8. The number of nitrogens with two attached hydrogens (primary N) is 1. The van der Waals surface area contributed by atoms with E-state index in [1.807, 2.05) is 0 Å². The molecule has 2 N–H and O–H groups in total. The molecule has 1 saturated carbocycles. The van der Waals surface area contributed by atoms with Crippen molar-refractivity contribution in [3.8, 4) is 0 Å². The molecule has 0 saturated heterocycles. The highest BCUT2D eigenvalue weighted by Gasteiger charge is 2.20. The molecule has 1 aromatic rings. The zero-order valence-electron chi connectivity index (χ0n) is 9.92. The van der Waals surface area contributed by atoms with Gasteiger partial charge in [0.2, 0.25) is 0 Å². The van der Waals surface area contributed by atoms with E-state index in [0.29, 0.717) is 12.5 Å². The third-order valence-corrected chi connectivity index (χ3v) is 3.24. The van der Waals surface area contributed by atoms with E-state index in [1.54, 1.807) is 0 Å². The number of esters is 1. The van der Waals surface area contributed by atoms with E-state index in [0.717, 1.165) is 37.8 Å². The number of anilines is 1. The predicted octanol–water partition coefficient (Wildman–Crippen LogP) is 2.89. The quantitative estimate of drug-likeness (QED) is 0.667. The van der Waals surface area contributed by atoms with Gasteiger partial charge in [0.25, 0.3) is 0 Å². The van der Waals surface area contributed by atoms with Crippen LogP contribution in [0.1, 0.15) is 36.0 Å². The first-order valence-electron chi connectivity index (χ1n) is 5.99. The molecule has 2 rings (SSSR count). The summed E-state index contributed by atoms with van der Waals surface area (Å²) in [6.45, 7) is 0.317. The minimum Gasteiger partial charge on any atom is -0.462 e. The average Bonchev–Trinajstić information content (AvgIpc) is 2.84. The Hall–Kier alpha value is -1.65. The number of halogens is 2. The fourth-order valence-corrected chi connectivity index (χ4v) is 2.19. The van der Waals surface area contributed by atoms with E-state index in [2.05, 4.69) is 0 Å². The maximum absolute atomic E-state index is 13.0. The van der Waals surface area contributed by atoms with Crippen LogP contribution in [0.15, 0.2) is 12.1 Å². The molecule has 0 radical (unpaired) electrons. The molecule has 1 aliphatic carbocycles. The van der Waals surface area contributed by atoms with Crippen molar-refractivity contribution < 1.29 is 18.3 Å². The zero-order chi connectivity index (χ0) is 13.1. The minimum atomic E-state index is -1.10. The summed E-state index contributed by atoms with van der Waals surface area (Å²) in [5.74, 6) is -2.49. The Balaban J connectivity index is 2.01. The second-order valence-electron chi connectivity index (χ2n) is 4.60. The van der Waals surface area contributed by atoms with Gasteiger partial charge in [0, 0.05) is 11.8 Å². The lowest BCUT2D eigenvalue weighted by molar-refractivity contribution is 0.0443. The lowest BCUT2D eigenvalue weighted by atomic mass is 10.1. The molecule has 98 valence electrons. The first-order chi connectivity index (χ1) is 8.58. The molecule has 0 spiro atoms. The van der Waals surface area contributed by atoms with E-state index >= 15 is 0 Å². The average molecular weight is 255 g/mol. The standard InChI is InChI=1S/C13H15F2NO2/c14-10-5-9(12(16)6-11(10)15)13(17)18-7-8-3-1-2-4-8/h5-6,8H,1-4,7,16H2.